The fraction of sp³-hybridized carbons (Fsp3) is 0.875. The molecule has 0 aromatic carbocycles. The lowest BCUT2D eigenvalue weighted by atomic mass is 10.0. The highest BCUT2D eigenvalue weighted by Gasteiger charge is 2.24. The predicted molar refractivity (Wildman–Crippen MR) is 106 cm³/mol. The van der Waals surface area contributed by atoms with Gasteiger partial charge in [-0.05, 0) is 25.7 Å². The number of hydrogen-bond acceptors (Lipinski definition) is 3. The van der Waals surface area contributed by atoms with Crippen molar-refractivity contribution in [2.24, 2.45) is 10.9 Å². The van der Waals surface area contributed by atoms with Gasteiger partial charge in [0.15, 0.2) is 5.96 Å². The molecule has 7 heteroatoms. The summed E-state index contributed by atoms with van der Waals surface area (Å²) in [6.45, 7) is 9.13. The largest absolute Gasteiger partial charge is 0.450 e. The number of hydrogen-bond donors (Lipinski definition) is 2. The first kappa shape index (κ1) is 22.3. The van der Waals surface area contributed by atoms with Crippen LogP contribution in [0.3, 0.4) is 0 Å². The molecule has 0 aliphatic carbocycles. The Morgan fingerprint density at radius 1 is 1.26 bits per heavy atom. The van der Waals surface area contributed by atoms with Crippen LogP contribution in [0.5, 0.6) is 0 Å². The van der Waals surface area contributed by atoms with Crippen molar-refractivity contribution in [1.82, 2.24) is 15.5 Å². The van der Waals surface area contributed by atoms with E-state index in [2.05, 4.69) is 29.5 Å². The molecule has 136 valence electrons. The highest BCUT2D eigenvalue weighted by Crippen LogP contribution is 2.11. The van der Waals surface area contributed by atoms with Gasteiger partial charge in [0.25, 0.3) is 0 Å². The molecule has 0 atom stereocenters. The molecule has 0 spiro atoms. The van der Waals surface area contributed by atoms with Crippen LogP contribution in [-0.4, -0.2) is 56.3 Å². The Bertz CT molecular complexity index is 354. The number of aliphatic imine (C=N–C) groups is 1. The van der Waals surface area contributed by atoms with E-state index in [-0.39, 0.29) is 30.1 Å². The smallest absolute Gasteiger partial charge is 0.409 e. The van der Waals surface area contributed by atoms with Gasteiger partial charge >= 0.3 is 6.09 Å². The Labute approximate surface area is 157 Å². The summed E-state index contributed by atoms with van der Waals surface area (Å²) in [5.74, 6) is 1.55. The minimum atomic E-state index is -0.197. The average molecular weight is 440 g/mol. The van der Waals surface area contributed by atoms with Crippen LogP contribution in [0.25, 0.3) is 0 Å². The molecule has 1 amide bonds. The minimum Gasteiger partial charge on any atom is -0.450 e. The number of halogens is 1. The lowest BCUT2D eigenvalue weighted by Crippen LogP contribution is -2.50. The van der Waals surface area contributed by atoms with Gasteiger partial charge in [0.2, 0.25) is 0 Å². The Morgan fingerprint density at radius 3 is 2.35 bits per heavy atom. The van der Waals surface area contributed by atoms with Crippen LogP contribution < -0.4 is 10.6 Å². The number of carbonyl (C=O) groups excluding carboxylic acids is 1. The highest BCUT2D eigenvalue weighted by molar-refractivity contribution is 14.0. The first-order chi connectivity index (χ1) is 10.6. The monoisotopic (exact) mass is 440 g/mol. The molecular formula is C16H33IN4O2. The number of carbonyl (C=O) groups is 1. The molecule has 0 saturated carbocycles. The summed E-state index contributed by atoms with van der Waals surface area (Å²) in [6, 6.07) is 0.360. The molecule has 0 bridgehead atoms. The van der Waals surface area contributed by atoms with Crippen LogP contribution in [-0.2, 0) is 4.74 Å². The Kier molecular flexibility index (Phi) is 12.3. The van der Waals surface area contributed by atoms with Crippen LogP contribution in [0.4, 0.5) is 4.79 Å². The lowest BCUT2D eigenvalue weighted by molar-refractivity contribution is 0.0963. The third kappa shape index (κ3) is 8.08. The third-order valence-electron chi connectivity index (χ3n) is 4.30. The second-order valence-corrected chi connectivity index (χ2v) is 5.74. The van der Waals surface area contributed by atoms with Gasteiger partial charge in [-0.3, -0.25) is 4.99 Å². The second-order valence-electron chi connectivity index (χ2n) is 5.74. The second kappa shape index (κ2) is 12.7. The maximum Gasteiger partial charge on any atom is 0.409 e. The van der Waals surface area contributed by atoms with Gasteiger partial charge < -0.3 is 20.3 Å². The summed E-state index contributed by atoms with van der Waals surface area (Å²) in [4.78, 5) is 17.7. The minimum absolute atomic E-state index is 0. The van der Waals surface area contributed by atoms with Crippen LogP contribution >= 0.6 is 24.0 Å². The lowest BCUT2D eigenvalue weighted by Gasteiger charge is -2.32. The Morgan fingerprint density at radius 2 is 1.87 bits per heavy atom. The first-order valence-corrected chi connectivity index (χ1v) is 8.53. The summed E-state index contributed by atoms with van der Waals surface area (Å²) in [5, 5.41) is 6.87. The zero-order chi connectivity index (χ0) is 16.4. The van der Waals surface area contributed by atoms with Crippen molar-refractivity contribution in [3.8, 4) is 0 Å². The Balaban J connectivity index is 0.00000484. The molecule has 6 nitrogen and oxygen atoms in total. The standard InChI is InChI=1S/C16H32N4O2.HI/c1-5-13(6-2)12-18-15(17-4)19-14-8-10-20(11-9-14)16(21)22-7-3;/h13-14H,5-12H2,1-4H3,(H2,17,18,19);1H. The molecule has 1 aliphatic rings. The SMILES string of the molecule is CCOC(=O)N1CCC(NC(=NC)NCC(CC)CC)CC1.I. The van der Waals surface area contributed by atoms with E-state index in [0.717, 1.165) is 38.4 Å². The molecule has 1 saturated heterocycles. The van der Waals surface area contributed by atoms with E-state index >= 15 is 0 Å². The molecule has 0 unspecified atom stereocenters. The quantitative estimate of drug-likeness (QED) is 0.379. The number of likely N-dealkylation sites (tertiary alicyclic amines) is 1. The van der Waals surface area contributed by atoms with Crippen molar-refractivity contribution in [2.75, 3.05) is 33.3 Å². The zero-order valence-electron chi connectivity index (χ0n) is 14.9. The van der Waals surface area contributed by atoms with E-state index in [9.17, 15) is 4.79 Å². The van der Waals surface area contributed by atoms with Gasteiger partial charge in [0.1, 0.15) is 0 Å². The summed E-state index contributed by atoms with van der Waals surface area (Å²) in [5.41, 5.74) is 0. The van der Waals surface area contributed by atoms with Crippen LogP contribution in [0.2, 0.25) is 0 Å². The van der Waals surface area contributed by atoms with E-state index in [1.54, 1.807) is 11.9 Å². The molecule has 1 rings (SSSR count). The van der Waals surface area contributed by atoms with E-state index in [1.165, 1.54) is 12.8 Å². The van der Waals surface area contributed by atoms with Crippen LogP contribution in [0.1, 0.15) is 46.5 Å². The molecule has 0 aromatic rings. The van der Waals surface area contributed by atoms with E-state index in [0.29, 0.717) is 18.6 Å². The number of guanidine groups is 1. The van der Waals surface area contributed by atoms with Gasteiger partial charge in [-0.1, -0.05) is 26.7 Å². The molecule has 0 aromatic heterocycles. The number of amides is 1. The van der Waals surface area contributed by atoms with E-state index in [4.69, 9.17) is 4.74 Å². The molecule has 1 aliphatic heterocycles. The summed E-state index contributed by atoms with van der Waals surface area (Å²) < 4.78 is 5.04. The van der Waals surface area contributed by atoms with Gasteiger partial charge in [0, 0.05) is 32.7 Å². The van der Waals surface area contributed by atoms with Crippen molar-refractivity contribution in [2.45, 2.75) is 52.5 Å². The van der Waals surface area contributed by atoms with Crippen molar-refractivity contribution in [1.29, 1.82) is 0 Å². The van der Waals surface area contributed by atoms with Gasteiger partial charge in [-0.25, -0.2) is 4.79 Å². The van der Waals surface area contributed by atoms with Crippen molar-refractivity contribution in [3.63, 3.8) is 0 Å². The third-order valence-corrected chi connectivity index (χ3v) is 4.30. The molecule has 0 radical (unpaired) electrons. The normalized spacial score (nSPS) is 16.0. The first-order valence-electron chi connectivity index (χ1n) is 8.53. The maximum absolute atomic E-state index is 11.7. The summed E-state index contributed by atoms with van der Waals surface area (Å²) in [6.07, 6.45) is 4.00. The van der Waals surface area contributed by atoms with E-state index in [1.807, 2.05) is 6.92 Å². The summed E-state index contributed by atoms with van der Waals surface area (Å²) in [7, 11) is 1.80. The van der Waals surface area contributed by atoms with Crippen molar-refractivity contribution >= 4 is 36.0 Å². The fourth-order valence-corrected chi connectivity index (χ4v) is 2.63. The van der Waals surface area contributed by atoms with Gasteiger partial charge in [-0.15, -0.1) is 24.0 Å². The van der Waals surface area contributed by atoms with Crippen molar-refractivity contribution in [3.05, 3.63) is 0 Å². The number of rotatable bonds is 6. The molecule has 1 heterocycles. The number of nitrogens with zero attached hydrogens (tertiary/aromatic N) is 2. The van der Waals surface area contributed by atoms with Crippen LogP contribution in [0.15, 0.2) is 4.99 Å². The Hall–Kier alpha value is -0.730. The fourth-order valence-electron chi connectivity index (χ4n) is 2.63. The topological polar surface area (TPSA) is 66.0 Å². The number of nitrogens with one attached hydrogen (secondary N) is 2. The highest BCUT2D eigenvalue weighted by atomic mass is 127. The van der Waals surface area contributed by atoms with Crippen molar-refractivity contribution < 1.29 is 9.53 Å². The van der Waals surface area contributed by atoms with Gasteiger partial charge in [0.05, 0.1) is 6.61 Å². The number of piperidine rings is 1. The average Bonchev–Trinajstić information content (AvgIpc) is 2.55. The molecular weight excluding hydrogens is 407 g/mol. The number of ether oxygens (including phenoxy) is 1. The van der Waals surface area contributed by atoms with Gasteiger partial charge in [-0.2, -0.15) is 0 Å². The summed E-state index contributed by atoms with van der Waals surface area (Å²) >= 11 is 0. The van der Waals surface area contributed by atoms with Crippen LogP contribution in [0, 0.1) is 5.92 Å². The van der Waals surface area contributed by atoms with E-state index < -0.39 is 0 Å². The molecule has 1 fully saturated rings. The molecule has 23 heavy (non-hydrogen) atoms. The maximum atomic E-state index is 11.7. The predicted octanol–water partition coefficient (Wildman–Crippen LogP) is 2.83. The zero-order valence-corrected chi connectivity index (χ0v) is 17.3. The molecule has 2 N–H and O–H groups in total.